The van der Waals surface area contributed by atoms with Crippen LogP contribution in [0.5, 0.6) is 0 Å². The van der Waals surface area contributed by atoms with Gasteiger partial charge < -0.3 is 14.6 Å². The average molecular weight is 362 g/mol. The number of aromatic nitrogens is 2. The van der Waals surface area contributed by atoms with Gasteiger partial charge in [-0.15, -0.1) is 0 Å². The maximum absolute atomic E-state index is 12.3. The van der Waals surface area contributed by atoms with E-state index in [1.165, 1.54) is 11.8 Å². The van der Waals surface area contributed by atoms with Gasteiger partial charge in [-0.3, -0.25) is 4.79 Å². The van der Waals surface area contributed by atoms with Crippen LogP contribution in [0.3, 0.4) is 0 Å². The topological polar surface area (TPSA) is 79.9 Å². The first-order valence-electron chi connectivity index (χ1n) is 8.93. The minimum atomic E-state index is -0.739. The molecular formula is C18H26N4O2S. The van der Waals surface area contributed by atoms with Crippen molar-refractivity contribution in [3.8, 4) is 6.07 Å². The van der Waals surface area contributed by atoms with E-state index in [0.29, 0.717) is 0 Å². The lowest BCUT2D eigenvalue weighted by atomic mass is 9.98. The largest absolute Gasteiger partial charge is 0.376 e. The number of carbonyl (C=O) groups is 1. The monoisotopic (exact) mass is 362 g/mol. The number of nitriles is 1. The zero-order valence-electron chi connectivity index (χ0n) is 15.2. The van der Waals surface area contributed by atoms with Gasteiger partial charge in [0.1, 0.15) is 5.54 Å². The van der Waals surface area contributed by atoms with Gasteiger partial charge in [0.2, 0.25) is 5.91 Å². The highest BCUT2D eigenvalue weighted by Crippen LogP contribution is 2.39. The van der Waals surface area contributed by atoms with Crippen LogP contribution in [0.4, 0.5) is 0 Å². The second-order valence-corrected chi connectivity index (χ2v) is 8.18. The number of hydrogen-bond donors (Lipinski definition) is 1. The molecule has 2 unspecified atom stereocenters. The number of hydrogen-bond acceptors (Lipinski definition) is 5. The van der Waals surface area contributed by atoms with Gasteiger partial charge in [-0.2, -0.15) is 5.26 Å². The predicted molar refractivity (Wildman–Crippen MR) is 96.3 cm³/mol. The molecule has 1 aliphatic heterocycles. The number of ether oxygens (including phenoxy) is 1. The van der Waals surface area contributed by atoms with Crippen molar-refractivity contribution < 1.29 is 9.53 Å². The van der Waals surface area contributed by atoms with E-state index < -0.39 is 5.54 Å². The quantitative estimate of drug-likeness (QED) is 0.754. The Hall–Kier alpha value is -1.52. The van der Waals surface area contributed by atoms with E-state index in [9.17, 15) is 10.1 Å². The minimum Gasteiger partial charge on any atom is -0.376 e. The van der Waals surface area contributed by atoms with E-state index in [2.05, 4.69) is 27.9 Å². The van der Waals surface area contributed by atoms with Crippen LogP contribution in [0.25, 0.3) is 0 Å². The molecule has 2 aliphatic rings. The molecule has 136 valence electrons. The minimum absolute atomic E-state index is 0.108. The van der Waals surface area contributed by atoms with E-state index in [1.54, 1.807) is 0 Å². The Morgan fingerprint density at radius 2 is 2.24 bits per heavy atom. The first-order chi connectivity index (χ1) is 11.9. The number of thioether (sulfide) groups is 1. The molecule has 2 heterocycles. The predicted octanol–water partition coefficient (Wildman–Crippen LogP) is 2.58. The number of amides is 1. The summed E-state index contributed by atoms with van der Waals surface area (Å²) in [6.07, 6.45) is 4.44. The maximum atomic E-state index is 12.3. The van der Waals surface area contributed by atoms with Gasteiger partial charge in [0.25, 0.3) is 0 Å². The number of aryl methyl sites for hydroxylation is 1. The molecule has 0 spiro atoms. The number of carbonyl (C=O) groups excluding carboxylic acids is 1. The molecule has 0 aromatic carbocycles. The average Bonchev–Trinajstić information content (AvgIpc) is 3.27. The molecule has 6 nitrogen and oxygen atoms in total. The normalized spacial score (nSPS) is 22.4. The molecule has 1 aromatic rings. The molecule has 2 atom stereocenters. The summed E-state index contributed by atoms with van der Waals surface area (Å²) in [5.74, 6) is 0.450. The third kappa shape index (κ3) is 4.18. The summed E-state index contributed by atoms with van der Waals surface area (Å²) in [6.45, 7) is 7.48. The Labute approximate surface area is 153 Å². The van der Waals surface area contributed by atoms with E-state index in [4.69, 9.17) is 4.74 Å². The molecule has 1 saturated carbocycles. The molecule has 3 rings (SSSR count). The van der Waals surface area contributed by atoms with Crippen LogP contribution in [0.1, 0.15) is 44.0 Å². The highest BCUT2D eigenvalue weighted by Gasteiger charge is 2.43. The van der Waals surface area contributed by atoms with Gasteiger partial charge in [0.15, 0.2) is 5.16 Å². The number of nitrogens with one attached hydrogen (secondary N) is 1. The Bertz CT molecular complexity index is 686. The Morgan fingerprint density at radius 3 is 2.84 bits per heavy atom. The zero-order valence-corrected chi connectivity index (χ0v) is 16.0. The van der Waals surface area contributed by atoms with Gasteiger partial charge in [0, 0.05) is 12.3 Å². The summed E-state index contributed by atoms with van der Waals surface area (Å²) in [4.78, 5) is 16.9. The molecule has 1 aliphatic carbocycles. The number of nitrogens with zero attached hydrogens (tertiary/aromatic N) is 3. The van der Waals surface area contributed by atoms with Crippen molar-refractivity contribution in [1.82, 2.24) is 14.9 Å². The van der Waals surface area contributed by atoms with Crippen LogP contribution in [-0.4, -0.2) is 39.5 Å². The third-order valence-electron chi connectivity index (χ3n) is 5.19. The lowest BCUT2D eigenvalue weighted by molar-refractivity contribution is -0.119. The highest BCUT2D eigenvalue weighted by molar-refractivity contribution is 7.99. The van der Waals surface area contributed by atoms with Crippen LogP contribution in [0.15, 0.2) is 5.16 Å². The molecule has 0 radical (unpaired) electrons. The first-order valence-corrected chi connectivity index (χ1v) is 9.92. The fourth-order valence-corrected chi connectivity index (χ4v) is 4.18. The fourth-order valence-electron chi connectivity index (χ4n) is 3.28. The molecule has 25 heavy (non-hydrogen) atoms. The van der Waals surface area contributed by atoms with Crippen molar-refractivity contribution in [2.24, 2.45) is 5.92 Å². The Morgan fingerprint density at radius 1 is 1.48 bits per heavy atom. The molecule has 1 aromatic heterocycles. The van der Waals surface area contributed by atoms with Crippen molar-refractivity contribution in [2.45, 2.75) is 69.8 Å². The molecule has 0 bridgehead atoms. The van der Waals surface area contributed by atoms with Crippen LogP contribution in [0.2, 0.25) is 0 Å². The maximum Gasteiger partial charge on any atom is 0.231 e. The summed E-state index contributed by atoms with van der Waals surface area (Å²) in [5.41, 5.74) is 1.37. The van der Waals surface area contributed by atoms with E-state index >= 15 is 0 Å². The molecule has 2 fully saturated rings. The molecular weight excluding hydrogens is 336 g/mol. The van der Waals surface area contributed by atoms with Crippen LogP contribution in [0, 0.1) is 31.1 Å². The Kier molecular flexibility index (Phi) is 5.40. The van der Waals surface area contributed by atoms with Crippen molar-refractivity contribution in [3.05, 3.63) is 11.4 Å². The third-order valence-corrected chi connectivity index (χ3v) is 6.17. The number of imidazole rings is 1. The summed E-state index contributed by atoms with van der Waals surface area (Å²) in [5, 5.41) is 13.1. The second-order valence-electron chi connectivity index (χ2n) is 7.24. The van der Waals surface area contributed by atoms with Crippen molar-refractivity contribution in [2.75, 3.05) is 12.4 Å². The van der Waals surface area contributed by atoms with Crippen molar-refractivity contribution in [1.29, 1.82) is 5.26 Å². The van der Waals surface area contributed by atoms with E-state index in [1.807, 2.05) is 13.8 Å². The molecule has 1 amide bonds. The lowest BCUT2D eigenvalue weighted by Crippen LogP contribution is -2.47. The fraction of sp³-hybridized carbons (Fsp3) is 0.722. The molecule has 1 saturated heterocycles. The zero-order chi connectivity index (χ0) is 18.0. The van der Waals surface area contributed by atoms with Crippen molar-refractivity contribution in [3.63, 3.8) is 0 Å². The van der Waals surface area contributed by atoms with Crippen LogP contribution in [-0.2, 0) is 16.1 Å². The lowest BCUT2D eigenvalue weighted by Gasteiger charge is -2.22. The summed E-state index contributed by atoms with van der Waals surface area (Å²) in [6, 6.07) is 2.26. The summed E-state index contributed by atoms with van der Waals surface area (Å²) in [7, 11) is 0. The SMILES string of the molecule is Cc1nc(SCC(=O)NC(C)(C#N)C2CC2)n(CC2CCCO2)c1C. The highest BCUT2D eigenvalue weighted by atomic mass is 32.2. The van der Waals surface area contributed by atoms with Gasteiger partial charge in [-0.25, -0.2) is 4.98 Å². The van der Waals surface area contributed by atoms with E-state index in [-0.39, 0.29) is 23.7 Å². The van der Waals surface area contributed by atoms with Gasteiger partial charge in [-0.05, 0) is 52.4 Å². The van der Waals surface area contributed by atoms with Crippen molar-refractivity contribution >= 4 is 17.7 Å². The molecule has 1 N–H and O–H groups in total. The second kappa shape index (κ2) is 7.38. The smallest absolute Gasteiger partial charge is 0.231 e. The summed E-state index contributed by atoms with van der Waals surface area (Å²) >= 11 is 1.43. The standard InChI is InChI=1S/C18H26N4O2S/c1-12-13(2)22(9-15-5-4-8-24-15)17(20-12)25-10-16(23)21-18(3,11-19)14-6-7-14/h14-15H,4-10H2,1-3H3,(H,21,23). The van der Waals surface area contributed by atoms with Crippen LogP contribution < -0.4 is 5.32 Å². The van der Waals surface area contributed by atoms with Gasteiger partial charge >= 0.3 is 0 Å². The van der Waals surface area contributed by atoms with Gasteiger partial charge in [-0.1, -0.05) is 11.8 Å². The van der Waals surface area contributed by atoms with Gasteiger partial charge in [0.05, 0.1) is 30.2 Å². The number of rotatable bonds is 7. The summed E-state index contributed by atoms with van der Waals surface area (Å²) < 4.78 is 7.90. The Balaban J connectivity index is 1.61. The first kappa shape index (κ1) is 18.3. The van der Waals surface area contributed by atoms with Crippen LogP contribution >= 0.6 is 11.8 Å². The molecule has 7 heteroatoms. The van der Waals surface area contributed by atoms with E-state index in [0.717, 1.165) is 55.4 Å².